The van der Waals surface area contributed by atoms with Gasteiger partial charge in [0.25, 0.3) is 0 Å². The number of benzene rings is 11. The minimum Gasteiger partial charge on any atom is -0.455 e. The van der Waals surface area contributed by atoms with Crippen molar-refractivity contribution in [1.29, 1.82) is 0 Å². The zero-order chi connectivity index (χ0) is 44.7. The first-order valence-corrected chi connectivity index (χ1v) is 24.0. The summed E-state index contributed by atoms with van der Waals surface area (Å²) < 4.78 is 12.0. The van der Waals surface area contributed by atoms with Gasteiger partial charge in [-0.15, -0.1) is 11.3 Å². The van der Waals surface area contributed by atoms with Gasteiger partial charge in [0, 0.05) is 75.3 Å². The second-order valence-electron chi connectivity index (χ2n) is 17.6. The van der Waals surface area contributed by atoms with Gasteiger partial charge in [0.2, 0.25) is 0 Å². The summed E-state index contributed by atoms with van der Waals surface area (Å²) in [6.07, 6.45) is 0. The second kappa shape index (κ2) is 15.5. The molecule has 0 aliphatic rings. The number of fused-ring (bicyclic) bond motifs is 11. The summed E-state index contributed by atoms with van der Waals surface area (Å²) in [6, 6.07) is 88.1. The molecule has 0 saturated heterocycles. The van der Waals surface area contributed by atoms with Crippen LogP contribution in [0, 0.1) is 0 Å². The van der Waals surface area contributed by atoms with Crippen LogP contribution in [0.5, 0.6) is 0 Å². The Kier molecular flexibility index (Phi) is 8.76. The third-order valence-corrected chi connectivity index (χ3v) is 15.0. The molecule has 0 aliphatic carbocycles. The van der Waals surface area contributed by atoms with Crippen molar-refractivity contribution in [2.45, 2.75) is 0 Å². The molecule has 68 heavy (non-hydrogen) atoms. The van der Waals surface area contributed by atoms with E-state index in [1.807, 2.05) is 11.3 Å². The molecule has 0 N–H and O–H groups in total. The Bertz CT molecular complexity index is 4210. The summed E-state index contributed by atoms with van der Waals surface area (Å²) in [4.78, 5) is 2.40. The number of thiophene rings is 1. The topological polar surface area (TPSA) is 21.3 Å². The standard InChI is InChI=1S/C64H40N2OS/c1-2-17-48-42(14-1)34-39-56-55-24-13-23-54(63(55)67-62(48)56)52-20-5-7-26-58(52)65(46-37-32-43(33-38-46)49-22-12-25-57-53-21-6-10-29-61(53)68-64(49)57)45-35-30-41(31-36-45)44-15-11-16-47(40-44)66-59-27-8-3-18-50(59)51-19-4-9-28-60(51)66/h1-40H. The molecular weight excluding hydrogens is 845 g/mol. The van der Waals surface area contributed by atoms with Crippen LogP contribution in [0.4, 0.5) is 17.1 Å². The molecule has 0 amide bonds. The molecule has 3 heterocycles. The lowest BCUT2D eigenvalue weighted by molar-refractivity contribution is 0.674. The van der Waals surface area contributed by atoms with Crippen LogP contribution < -0.4 is 4.90 Å². The quantitative estimate of drug-likeness (QED) is 0.159. The maximum absolute atomic E-state index is 6.95. The van der Waals surface area contributed by atoms with Gasteiger partial charge in [0.15, 0.2) is 0 Å². The Hall–Kier alpha value is -8.70. The van der Waals surface area contributed by atoms with Gasteiger partial charge >= 0.3 is 0 Å². The lowest BCUT2D eigenvalue weighted by Gasteiger charge is -2.28. The van der Waals surface area contributed by atoms with Crippen molar-refractivity contribution in [3.05, 3.63) is 243 Å². The molecule has 3 aromatic heterocycles. The van der Waals surface area contributed by atoms with Crippen molar-refractivity contribution in [3.63, 3.8) is 0 Å². The highest BCUT2D eigenvalue weighted by Crippen LogP contribution is 2.47. The number of para-hydroxylation sites is 4. The van der Waals surface area contributed by atoms with E-state index in [1.54, 1.807) is 0 Å². The molecule has 0 unspecified atom stereocenters. The predicted molar refractivity (Wildman–Crippen MR) is 289 cm³/mol. The Labute approximate surface area is 396 Å². The third kappa shape index (κ3) is 6.05. The lowest BCUT2D eigenvalue weighted by Crippen LogP contribution is -2.11. The Morgan fingerprint density at radius 2 is 0.926 bits per heavy atom. The van der Waals surface area contributed by atoms with Gasteiger partial charge < -0.3 is 13.9 Å². The van der Waals surface area contributed by atoms with Crippen LogP contribution in [0.25, 0.3) is 114 Å². The van der Waals surface area contributed by atoms with E-state index in [-0.39, 0.29) is 0 Å². The minimum absolute atomic E-state index is 0.886. The van der Waals surface area contributed by atoms with Crippen LogP contribution in [0.3, 0.4) is 0 Å². The number of aromatic nitrogens is 1. The van der Waals surface area contributed by atoms with Crippen LogP contribution in [0.1, 0.15) is 0 Å². The fourth-order valence-electron chi connectivity index (χ4n) is 10.7. The van der Waals surface area contributed by atoms with Gasteiger partial charge in [-0.2, -0.15) is 0 Å². The van der Waals surface area contributed by atoms with Gasteiger partial charge in [0.1, 0.15) is 11.2 Å². The molecule has 3 nitrogen and oxygen atoms in total. The molecule has 0 spiro atoms. The average Bonchev–Trinajstić information content (AvgIpc) is 4.10. The van der Waals surface area contributed by atoms with Gasteiger partial charge in [-0.25, -0.2) is 0 Å². The smallest absolute Gasteiger partial charge is 0.143 e. The highest BCUT2D eigenvalue weighted by Gasteiger charge is 2.22. The van der Waals surface area contributed by atoms with Crippen LogP contribution in [0.15, 0.2) is 247 Å². The summed E-state index contributed by atoms with van der Waals surface area (Å²) in [7, 11) is 0. The molecule has 11 aromatic carbocycles. The molecular formula is C64H40N2OS. The molecule has 0 atom stereocenters. The van der Waals surface area contributed by atoms with Crippen molar-refractivity contribution in [3.8, 4) is 39.1 Å². The number of anilines is 3. The number of hydrogen-bond acceptors (Lipinski definition) is 3. The largest absolute Gasteiger partial charge is 0.455 e. The number of rotatable bonds is 7. The number of furan rings is 1. The summed E-state index contributed by atoms with van der Waals surface area (Å²) in [5, 5.41) is 9.64. The molecule has 0 saturated carbocycles. The van der Waals surface area contributed by atoms with Gasteiger partial charge in [-0.05, 0) is 94.4 Å². The van der Waals surface area contributed by atoms with E-state index in [4.69, 9.17) is 4.42 Å². The molecule has 0 bridgehead atoms. The van der Waals surface area contributed by atoms with Crippen LogP contribution in [0.2, 0.25) is 0 Å². The Morgan fingerprint density at radius 3 is 1.71 bits per heavy atom. The minimum atomic E-state index is 0.886. The van der Waals surface area contributed by atoms with E-state index in [0.29, 0.717) is 0 Å². The second-order valence-corrected chi connectivity index (χ2v) is 18.6. The van der Waals surface area contributed by atoms with Crippen molar-refractivity contribution >= 4 is 103 Å². The zero-order valence-corrected chi connectivity index (χ0v) is 37.6. The third-order valence-electron chi connectivity index (χ3n) is 13.8. The molecule has 14 aromatic rings. The molecule has 318 valence electrons. The van der Waals surface area contributed by atoms with E-state index in [1.165, 1.54) is 58.5 Å². The highest BCUT2D eigenvalue weighted by atomic mass is 32.1. The first kappa shape index (κ1) is 38.6. The molecule has 0 aliphatic heterocycles. The fraction of sp³-hybridized carbons (Fsp3) is 0. The van der Waals surface area contributed by atoms with Crippen LogP contribution >= 0.6 is 11.3 Å². The summed E-state index contributed by atoms with van der Waals surface area (Å²) in [6.45, 7) is 0. The summed E-state index contributed by atoms with van der Waals surface area (Å²) >= 11 is 1.87. The molecule has 14 rings (SSSR count). The number of hydrogen-bond donors (Lipinski definition) is 0. The van der Waals surface area contributed by atoms with Crippen LogP contribution in [-0.4, -0.2) is 4.57 Å². The van der Waals surface area contributed by atoms with Crippen molar-refractivity contribution in [1.82, 2.24) is 4.57 Å². The molecule has 0 fully saturated rings. The van der Waals surface area contributed by atoms with E-state index >= 15 is 0 Å². The normalized spacial score (nSPS) is 11.8. The first-order chi connectivity index (χ1) is 33.7. The van der Waals surface area contributed by atoms with E-state index in [9.17, 15) is 0 Å². The monoisotopic (exact) mass is 884 g/mol. The van der Waals surface area contributed by atoms with Crippen molar-refractivity contribution in [2.75, 3.05) is 4.90 Å². The first-order valence-electron chi connectivity index (χ1n) is 23.2. The van der Waals surface area contributed by atoms with E-state index in [0.717, 1.165) is 72.3 Å². The lowest BCUT2D eigenvalue weighted by atomic mass is 9.98. The van der Waals surface area contributed by atoms with E-state index < -0.39 is 0 Å². The fourth-order valence-corrected chi connectivity index (χ4v) is 11.9. The van der Waals surface area contributed by atoms with E-state index in [2.05, 4.69) is 252 Å². The predicted octanol–water partition coefficient (Wildman–Crippen LogP) is 18.7. The van der Waals surface area contributed by atoms with Gasteiger partial charge in [-0.1, -0.05) is 176 Å². The van der Waals surface area contributed by atoms with Gasteiger partial charge in [-0.3, -0.25) is 0 Å². The summed E-state index contributed by atoms with van der Waals surface area (Å²) in [5.74, 6) is 0. The highest BCUT2D eigenvalue weighted by molar-refractivity contribution is 7.26. The van der Waals surface area contributed by atoms with Gasteiger partial charge in [0.05, 0.1) is 16.7 Å². The van der Waals surface area contributed by atoms with Crippen LogP contribution in [-0.2, 0) is 0 Å². The Balaban J connectivity index is 0.912. The Morgan fingerprint density at radius 1 is 0.353 bits per heavy atom. The van der Waals surface area contributed by atoms with Crippen molar-refractivity contribution in [2.24, 2.45) is 0 Å². The maximum Gasteiger partial charge on any atom is 0.143 e. The number of nitrogens with zero attached hydrogens (tertiary/aromatic N) is 2. The average molecular weight is 885 g/mol. The summed E-state index contributed by atoms with van der Waals surface area (Å²) in [5.41, 5.74) is 15.4. The maximum atomic E-state index is 6.95. The SMILES string of the molecule is c1cc(-c2ccc(N(c3ccc(-c4cccc5c4sc4ccccc45)cc3)c3ccccc3-c3cccc4c3oc3c5ccccc5ccc43)cc2)cc(-n2c3ccccc3c3ccccc32)c1. The molecule has 0 radical (unpaired) electrons. The zero-order valence-electron chi connectivity index (χ0n) is 36.8. The molecule has 4 heteroatoms. The van der Waals surface area contributed by atoms with Crippen molar-refractivity contribution < 1.29 is 4.42 Å².